The minimum atomic E-state index is 0.0444. The van der Waals surface area contributed by atoms with Gasteiger partial charge in [-0.3, -0.25) is 0 Å². The molecule has 3 atom stereocenters. The molecule has 74 valence electrons. The molecule has 0 aromatic rings. The van der Waals surface area contributed by atoms with Crippen molar-refractivity contribution in [1.82, 2.24) is 0 Å². The SMILES string of the molecule is CC1=CCC[C@]2(C)CC[C@]3(C#N)C[C@@]123. The predicted molar refractivity (Wildman–Crippen MR) is 55.4 cm³/mol. The summed E-state index contributed by atoms with van der Waals surface area (Å²) in [6.45, 7) is 4.66. The molecule has 3 aliphatic carbocycles. The third-order valence-electron chi connectivity index (χ3n) is 5.43. The third kappa shape index (κ3) is 0.601. The van der Waals surface area contributed by atoms with Crippen molar-refractivity contribution in [2.45, 2.75) is 46.0 Å². The lowest BCUT2D eigenvalue weighted by Gasteiger charge is -2.39. The van der Waals surface area contributed by atoms with Crippen molar-refractivity contribution >= 4 is 0 Å². The average Bonchev–Trinajstić information content (AvgIpc) is 2.78. The molecule has 14 heavy (non-hydrogen) atoms. The van der Waals surface area contributed by atoms with Gasteiger partial charge in [0.1, 0.15) is 0 Å². The van der Waals surface area contributed by atoms with Crippen molar-refractivity contribution in [3.05, 3.63) is 11.6 Å². The lowest BCUT2D eigenvalue weighted by atomic mass is 9.64. The normalized spacial score (nSPS) is 54.2. The fraction of sp³-hybridized carbons (Fsp3) is 0.769. The summed E-state index contributed by atoms with van der Waals surface area (Å²) in [4.78, 5) is 0. The molecule has 0 unspecified atom stereocenters. The van der Waals surface area contributed by atoms with Crippen LogP contribution in [-0.2, 0) is 0 Å². The highest BCUT2D eigenvalue weighted by Crippen LogP contribution is 2.84. The van der Waals surface area contributed by atoms with Crippen LogP contribution in [-0.4, -0.2) is 0 Å². The molecule has 0 bridgehead atoms. The Morgan fingerprint density at radius 3 is 2.79 bits per heavy atom. The zero-order valence-corrected chi connectivity index (χ0v) is 9.06. The van der Waals surface area contributed by atoms with E-state index in [4.69, 9.17) is 0 Å². The summed E-state index contributed by atoms with van der Waals surface area (Å²) < 4.78 is 0. The smallest absolute Gasteiger partial charge is 0.0699 e. The van der Waals surface area contributed by atoms with Crippen molar-refractivity contribution in [2.24, 2.45) is 16.2 Å². The van der Waals surface area contributed by atoms with E-state index in [2.05, 4.69) is 26.0 Å². The van der Waals surface area contributed by atoms with Crippen LogP contribution in [0.5, 0.6) is 0 Å². The molecular formula is C13H17N. The molecule has 0 aromatic carbocycles. The van der Waals surface area contributed by atoms with E-state index in [9.17, 15) is 5.26 Å². The van der Waals surface area contributed by atoms with Gasteiger partial charge in [-0.1, -0.05) is 18.6 Å². The second-order valence-corrected chi connectivity index (χ2v) is 5.76. The molecule has 0 N–H and O–H groups in total. The molecule has 0 aliphatic heterocycles. The minimum absolute atomic E-state index is 0.0444. The number of nitriles is 1. The molecular weight excluding hydrogens is 170 g/mol. The second-order valence-electron chi connectivity index (χ2n) is 5.76. The van der Waals surface area contributed by atoms with Crippen molar-refractivity contribution in [1.29, 1.82) is 5.26 Å². The maximum Gasteiger partial charge on any atom is 0.0699 e. The Hall–Kier alpha value is -0.770. The van der Waals surface area contributed by atoms with Gasteiger partial charge >= 0.3 is 0 Å². The first-order chi connectivity index (χ1) is 6.60. The first kappa shape index (κ1) is 8.53. The highest BCUT2D eigenvalue weighted by atomic mass is 14.8. The zero-order chi connectivity index (χ0) is 10.0. The van der Waals surface area contributed by atoms with Crippen LogP contribution in [0.25, 0.3) is 0 Å². The zero-order valence-electron chi connectivity index (χ0n) is 9.06. The van der Waals surface area contributed by atoms with E-state index in [0.29, 0.717) is 10.8 Å². The largest absolute Gasteiger partial charge is 0.198 e. The van der Waals surface area contributed by atoms with Gasteiger partial charge < -0.3 is 0 Å². The predicted octanol–water partition coefficient (Wildman–Crippen LogP) is 3.43. The highest BCUT2D eigenvalue weighted by molar-refractivity contribution is 5.44. The van der Waals surface area contributed by atoms with Gasteiger partial charge in [0.05, 0.1) is 11.5 Å². The molecule has 0 saturated heterocycles. The van der Waals surface area contributed by atoms with Crippen molar-refractivity contribution in [2.75, 3.05) is 0 Å². The van der Waals surface area contributed by atoms with Crippen LogP contribution in [0.2, 0.25) is 0 Å². The van der Waals surface area contributed by atoms with Gasteiger partial charge in [-0.15, -0.1) is 0 Å². The van der Waals surface area contributed by atoms with Gasteiger partial charge in [0.15, 0.2) is 0 Å². The summed E-state index contributed by atoms with van der Waals surface area (Å²) in [6, 6.07) is 2.62. The fourth-order valence-corrected chi connectivity index (χ4v) is 4.51. The van der Waals surface area contributed by atoms with E-state index in [1.165, 1.54) is 24.8 Å². The molecule has 1 spiro atoms. The average molecular weight is 187 g/mol. The Kier molecular flexibility index (Phi) is 1.27. The molecule has 0 radical (unpaired) electrons. The molecule has 3 aliphatic rings. The van der Waals surface area contributed by atoms with Gasteiger partial charge in [0, 0.05) is 5.41 Å². The van der Waals surface area contributed by atoms with Crippen LogP contribution in [0.15, 0.2) is 11.6 Å². The summed E-state index contributed by atoms with van der Waals surface area (Å²) in [6.07, 6.45) is 8.47. The first-order valence-electron chi connectivity index (χ1n) is 5.69. The van der Waals surface area contributed by atoms with Gasteiger partial charge in [0.25, 0.3) is 0 Å². The minimum Gasteiger partial charge on any atom is -0.198 e. The van der Waals surface area contributed by atoms with Crippen LogP contribution in [0.4, 0.5) is 0 Å². The standard InChI is InChI=1S/C13H17N/c1-10-4-3-5-11(2)6-7-12(9-14)8-13(10,11)12/h4H,3,5-8H2,1-2H3/t11-,12-,13-/m1/s1. The summed E-state index contributed by atoms with van der Waals surface area (Å²) >= 11 is 0. The van der Waals surface area contributed by atoms with E-state index in [-0.39, 0.29) is 5.41 Å². The van der Waals surface area contributed by atoms with Crippen LogP contribution < -0.4 is 0 Å². The van der Waals surface area contributed by atoms with Crippen LogP contribution in [0.3, 0.4) is 0 Å². The van der Waals surface area contributed by atoms with Crippen molar-refractivity contribution in [3.8, 4) is 6.07 Å². The molecule has 2 fully saturated rings. The maximum atomic E-state index is 9.36. The summed E-state index contributed by atoms with van der Waals surface area (Å²) in [7, 11) is 0. The molecule has 1 nitrogen and oxygen atoms in total. The quantitative estimate of drug-likeness (QED) is 0.533. The van der Waals surface area contributed by atoms with E-state index >= 15 is 0 Å². The Balaban J connectivity index is 2.17. The van der Waals surface area contributed by atoms with Gasteiger partial charge in [-0.2, -0.15) is 5.26 Å². The Morgan fingerprint density at radius 2 is 2.14 bits per heavy atom. The van der Waals surface area contributed by atoms with E-state index in [1.807, 2.05) is 0 Å². The van der Waals surface area contributed by atoms with Gasteiger partial charge in [-0.05, 0) is 44.4 Å². The monoisotopic (exact) mass is 187 g/mol. The lowest BCUT2D eigenvalue weighted by Crippen LogP contribution is -2.31. The summed E-state index contributed by atoms with van der Waals surface area (Å²) in [5.41, 5.74) is 2.31. The summed E-state index contributed by atoms with van der Waals surface area (Å²) in [5, 5.41) is 9.36. The molecule has 0 aromatic heterocycles. The van der Waals surface area contributed by atoms with E-state index in [1.54, 1.807) is 0 Å². The van der Waals surface area contributed by atoms with Crippen LogP contribution in [0, 0.1) is 27.6 Å². The molecule has 1 heteroatoms. The van der Waals surface area contributed by atoms with Crippen LogP contribution in [0.1, 0.15) is 46.0 Å². The summed E-state index contributed by atoms with van der Waals surface area (Å²) in [5.74, 6) is 0. The number of hydrogen-bond acceptors (Lipinski definition) is 1. The molecule has 3 rings (SSSR count). The van der Waals surface area contributed by atoms with Crippen LogP contribution >= 0.6 is 0 Å². The Morgan fingerprint density at radius 1 is 1.36 bits per heavy atom. The highest BCUT2D eigenvalue weighted by Gasteiger charge is 2.79. The van der Waals surface area contributed by atoms with Crippen molar-refractivity contribution in [3.63, 3.8) is 0 Å². The van der Waals surface area contributed by atoms with Gasteiger partial charge in [-0.25, -0.2) is 0 Å². The topological polar surface area (TPSA) is 23.8 Å². The van der Waals surface area contributed by atoms with E-state index in [0.717, 1.165) is 12.8 Å². The molecule has 0 amide bonds. The number of hydrogen-bond donors (Lipinski definition) is 0. The fourth-order valence-electron chi connectivity index (χ4n) is 4.51. The first-order valence-corrected chi connectivity index (χ1v) is 5.69. The second kappa shape index (κ2) is 2.08. The van der Waals surface area contributed by atoms with Crippen molar-refractivity contribution < 1.29 is 0 Å². The number of allylic oxidation sites excluding steroid dienone is 2. The Bertz CT molecular complexity index is 375. The molecule has 0 heterocycles. The number of rotatable bonds is 0. The third-order valence-corrected chi connectivity index (χ3v) is 5.43. The Labute approximate surface area is 85.8 Å². The maximum absolute atomic E-state index is 9.36. The number of nitrogens with zero attached hydrogens (tertiary/aromatic N) is 1. The van der Waals surface area contributed by atoms with E-state index < -0.39 is 0 Å². The lowest BCUT2D eigenvalue weighted by molar-refractivity contribution is 0.178. The molecule has 2 saturated carbocycles. The van der Waals surface area contributed by atoms with Gasteiger partial charge in [0.2, 0.25) is 0 Å².